The largest absolute Gasteiger partial charge is 0.493 e. The second-order valence-electron chi connectivity index (χ2n) is 8.20. The lowest BCUT2D eigenvalue weighted by atomic mass is 10.00. The molecule has 3 rings (SSSR count). The molecule has 0 radical (unpaired) electrons. The molecule has 0 saturated carbocycles. The van der Waals surface area contributed by atoms with Crippen LogP contribution in [0, 0.1) is 0 Å². The van der Waals surface area contributed by atoms with Crippen molar-refractivity contribution in [3.05, 3.63) is 53.6 Å². The van der Waals surface area contributed by atoms with Crippen LogP contribution in [0.1, 0.15) is 42.9 Å². The minimum Gasteiger partial charge on any atom is -0.493 e. The number of aliphatic hydroxyl groups excluding tert-OH is 1. The second-order valence-corrected chi connectivity index (χ2v) is 8.20. The van der Waals surface area contributed by atoms with Crippen molar-refractivity contribution in [3.8, 4) is 11.5 Å². The van der Waals surface area contributed by atoms with Crippen molar-refractivity contribution in [2.24, 2.45) is 0 Å². The number of anilines is 1. The van der Waals surface area contributed by atoms with E-state index in [2.05, 4.69) is 5.32 Å². The lowest BCUT2D eigenvalue weighted by Crippen LogP contribution is -2.35. The Balaban J connectivity index is 1.43. The van der Waals surface area contributed by atoms with Gasteiger partial charge in [-0.05, 0) is 43.0 Å². The Labute approximate surface area is 200 Å². The van der Waals surface area contributed by atoms with Gasteiger partial charge in [-0.25, -0.2) is 0 Å². The van der Waals surface area contributed by atoms with E-state index in [4.69, 9.17) is 14.2 Å². The van der Waals surface area contributed by atoms with Crippen LogP contribution in [-0.2, 0) is 20.7 Å². The highest BCUT2D eigenvalue weighted by atomic mass is 16.5. The quantitative estimate of drug-likeness (QED) is 0.436. The number of fused-ring (bicyclic) bond motifs is 1. The zero-order valence-electron chi connectivity index (χ0n) is 19.9. The third-order valence-electron chi connectivity index (χ3n) is 5.90. The molecule has 2 aromatic rings. The van der Waals surface area contributed by atoms with Crippen LogP contribution in [0.15, 0.2) is 42.5 Å². The first-order chi connectivity index (χ1) is 16.5. The molecular formula is C26H34N2O6. The van der Waals surface area contributed by atoms with Gasteiger partial charge in [0.25, 0.3) is 0 Å². The molecule has 1 aliphatic heterocycles. The minimum atomic E-state index is -0.256. The standard InChI is InChI=1S/C26H34N2O6/c1-32-22-11-10-19(17-24(22)33-2)12-13-28(14-15-29)26(31)9-5-6-16-34-23-18-25(30)27-21-8-4-3-7-20(21)23/h3-4,7-8,10-11,17,23,29H,5-6,9,12-16,18H2,1-2H3,(H,27,30). The number of benzene rings is 2. The molecule has 2 amide bonds. The predicted octanol–water partition coefficient (Wildman–Crippen LogP) is 3.34. The van der Waals surface area contributed by atoms with Crippen LogP contribution >= 0.6 is 0 Å². The summed E-state index contributed by atoms with van der Waals surface area (Å²) in [5.74, 6) is 1.28. The van der Waals surface area contributed by atoms with E-state index >= 15 is 0 Å². The van der Waals surface area contributed by atoms with Gasteiger partial charge in [-0.15, -0.1) is 0 Å². The van der Waals surface area contributed by atoms with Crippen molar-refractivity contribution in [2.75, 3.05) is 45.8 Å². The van der Waals surface area contributed by atoms with Crippen molar-refractivity contribution in [2.45, 2.75) is 38.2 Å². The molecule has 1 aliphatic rings. The summed E-state index contributed by atoms with van der Waals surface area (Å²) in [5.41, 5.74) is 2.81. The van der Waals surface area contributed by atoms with Crippen molar-refractivity contribution in [1.29, 1.82) is 0 Å². The van der Waals surface area contributed by atoms with Crippen molar-refractivity contribution in [1.82, 2.24) is 4.90 Å². The first kappa shape index (κ1) is 25.5. The zero-order valence-corrected chi connectivity index (χ0v) is 19.9. The topological polar surface area (TPSA) is 97.3 Å². The number of hydrogen-bond donors (Lipinski definition) is 2. The van der Waals surface area contributed by atoms with E-state index in [-0.39, 0.29) is 24.5 Å². The van der Waals surface area contributed by atoms with Crippen LogP contribution in [0.4, 0.5) is 5.69 Å². The highest BCUT2D eigenvalue weighted by Crippen LogP contribution is 2.33. The Morgan fingerprint density at radius 1 is 1.09 bits per heavy atom. The minimum absolute atomic E-state index is 0.0110. The fourth-order valence-corrected chi connectivity index (χ4v) is 4.06. The number of unbranched alkanes of at least 4 members (excludes halogenated alkanes) is 1. The van der Waals surface area contributed by atoms with Gasteiger partial charge in [0.15, 0.2) is 11.5 Å². The summed E-state index contributed by atoms with van der Waals surface area (Å²) < 4.78 is 16.6. The number of hydrogen-bond acceptors (Lipinski definition) is 6. The number of ether oxygens (including phenoxy) is 3. The maximum atomic E-state index is 12.7. The van der Waals surface area contributed by atoms with Crippen LogP contribution in [0.25, 0.3) is 0 Å². The lowest BCUT2D eigenvalue weighted by molar-refractivity contribution is -0.131. The molecule has 1 atom stereocenters. The number of para-hydroxylation sites is 1. The summed E-state index contributed by atoms with van der Waals surface area (Å²) in [4.78, 5) is 26.3. The number of carbonyl (C=O) groups is 2. The maximum absolute atomic E-state index is 12.7. The van der Waals surface area contributed by atoms with E-state index in [1.807, 2.05) is 42.5 Å². The van der Waals surface area contributed by atoms with Crippen LogP contribution in [0.2, 0.25) is 0 Å². The highest BCUT2D eigenvalue weighted by Gasteiger charge is 2.25. The molecule has 8 heteroatoms. The van der Waals surface area contributed by atoms with Gasteiger partial charge in [-0.1, -0.05) is 24.3 Å². The van der Waals surface area contributed by atoms with Crippen LogP contribution in [-0.4, -0.2) is 62.3 Å². The van der Waals surface area contributed by atoms with Gasteiger partial charge in [-0.2, -0.15) is 0 Å². The normalized spacial score (nSPS) is 14.8. The van der Waals surface area contributed by atoms with Crippen LogP contribution in [0.3, 0.4) is 0 Å². The monoisotopic (exact) mass is 470 g/mol. The molecule has 184 valence electrons. The van der Waals surface area contributed by atoms with Gasteiger partial charge in [0.05, 0.1) is 33.4 Å². The third kappa shape index (κ3) is 6.95. The third-order valence-corrected chi connectivity index (χ3v) is 5.90. The fourth-order valence-electron chi connectivity index (χ4n) is 4.06. The molecule has 1 heterocycles. The fraction of sp³-hybridized carbons (Fsp3) is 0.462. The molecule has 8 nitrogen and oxygen atoms in total. The predicted molar refractivity (Wildman–Crippen MR) is 129 cm³/mol. The molecule has 2 aromatic carbocycles. The smallest absolute Gasteiger partial charge is 0.227 e. The van der Waals surface area contributed by atoms with Gasteiger partial charge in [0.2, 0.25) is 11.8 Å². The lowest BCUT2D eigenvalue weighted by Gasteiger charge is -2.25. The number of amides is 2. The maximum Gasteiger partial charge on any atom is 0.227 e. The number of carbonyl (C=O) groups excluding carboxylic acids is 2. The van der Waals surface area contributed by atoms with E-state index in [1.165, 1.54) is 0 Å². The number of rotatable bonds is 13. The summed E-state index contributed by atoms with van der Waals surface area (Å²) in [6.07, 6.45) is 2.48. The summed E-state index contributed by atoms with van der Waals surface area (Å²) in [5, 5.41) is 12.3. The second kappa shape index (κ2) is 13.0. The Hall–Kier alpha value is -3.10. The average Bonchev–Trinajstić information content (AvgIpc) is 2.85. The zero-order chi connectivity index (χ0) is 24.3. The molecule has 0 fully saturated rings. The van der Waals surface area contributed by atoms with E-state index in [0.717, 1.165) is 16.8 Å². The van der Waals surface area contributed by atoms with E-state index < -0.39 is 0 Å². The number of nitrogens with zero attached hydrogens (tertiary/aromatic N) is 1. The molecule has 0 aliphatic carbocycles. The average molecular weight is 471 g/mol. The van der Waals surface area contributed by atoms with Crippen molar-refractivity contribution < 1.29 is 28.9 Å². The summed E-state index contributed by atoms with van der Waals surface area (Å²) in [6, 6.07) is 13.4. The molecule has 34 heavy (non-hydrogen) atoms. The first-order valence-corrected chi connectivity index (χ1v) is 11.7. The van der Waals surface area contributed by atoms with E-state index in [1.54, 1.807) is 19.1 Å². The number of methoxy groups -OCH3 is 2. The Morgan fingerprint density at radius 3 is 2.65 bits per heavy atom. The van der Waals surface area contributed by atoms with Crippen LogP contribution in [0.5, 0.6) is 11.5 Å². The molecule has 0 aromatic heterocycles. The molecular weight excluding hydrogens is 436 g/mol. The van der Waals surface area contributed by atoms with Gasteiger partial charge in [-0.3, -0.25) is 9.59 Å². The summed E-state index contributed by atoms with van der Waals surface area (Å²) in [6.45, 7) is 1.21. The molecule has 0 saturated heterocycles. The Bertz CT molecular complexity index is 964. The van der Waals surface area contributed by atoms with Gasteiger partial charge in [0, 0.05) is 37.4 Å². The Morgan fingerprint density at radius 2 is 1.88 bits per heavy atom. The SMILES string of the molecule is COc1ccc(CCN(CCO)C(=O)CCCCOC2CC(=O)Nc3ccccc32)cc1OC. The Kier molecular flexibility index (Phi) is 9.73. The molecule has 2 N–H and O–H groups in total. The van der Waals surface area contributed by atoms with Crippen molar-refractivity contribution >= 4 is 17.5 Å². The van der Waals surface area contributed by atoms with Gasteiger partial charge in [0.1, 0.15) is 0 Å². The molecule has 0 spiro atoms. The van der Waals surface area contributed by atoms with Crippen molar-refractivity contribution in [3.63, 3.8) is 0 Å². The van der Waals surface area contributed by atoms with Gasteiger partial charge >= 0.3 is 0 Å². The van der Waals surface area contributed by atoms with E-state index in [9.17, 15) is 14.7 Å². The summed E-state index contributed by atoms with van der Waals surface area (Å²) >= 11 is 0. The highest BCUT2D eigenvalue weighted by molar-refractivity contribution is 5.94. The first-order valence-electron chi connectivity index (χ1n) is 11.7. The number of nitrogens with one attached hydrogen (secondary N) is 1. The van der Waals surface area contributed by atoms with Crippen LogP contribution < -0.4 is 14.8 Å². The number of aliphatic hydroxyl groups is 1. The molecule has 1 unspecified atom stereocenters. The molecule has 0 bridgehead atoms. The van der Waals surface area contributed by atoms with Gasteiger partial charge < -0.3 is 29.5 Å². The van der Waals surface area contributed by atoms with E-state index in [0.29, 0.717) is 63.3 Å². The summed E-state index contributed by atoms with van der Waals surface area (Å²) in [7, 11) is 3.18.